The maximum atomic E-state index is 13.4. The molecule has 2 aromatic rings. The number of rotatable bonds is 2. The molecule has 0 amide bonds. The van der Waals surface area contributed by atoms with Crippen molar-refractivity contribution in [3.05, 3.63) is 35.7 Å². The molecule has 2 rings (SSSR count). The molecule has 2 heterocycles. The molecule has 0 radical (unpaired) electrons. The lowest BCUT2D eigenvalue weighted by Gasteiger charge is -2.06. The first-order chi connectivity index (χ1) is 8.11. The van der Waals surface area contributed by atoms with Crippen LogP contribution in [0.3, 0.4) is 0 Å². The van der Waals surface area contributed by atoms with Gasteiger partial charge in [0, 0.05) is 0 Å². The maximum Gasteiger partial charge on any atom is 0.187 e. The summed E-state index contributed by atoms with van der Waals surface area (Å²) in [5.74, 6) is 4.09. The molecule has 88 valence electrons. The molecule has 0 aliphatic carbocycles. The minimum absolute atomic E-state index is 0.126. The number of pyridine rings is 1. The van der Waals surface area contributed by atoms with Crippen LogP contribution in [0.25, 0.3) is 11.5 Å². The average Bonchev–Trinajstić information content (AvgIpc) is 2.33. The van der Waals surface area contributed by atoms with Gasteiger partial charge in [0.15, 0.2) is 17.5 Å². The molecule has 0 aliphatic rings. The van der Waals surface area contributed by atoms with Crippen molar-refractivity contribution in [1.82, 2.24) is 15.0 Å². The molecule has 2 aromatic heterocycles. The fourth-order valence-electron chi connectivity index (χ4n) is 1.28. The van der Waals surface area contributed by atoms with Crippen molar-refractivity contribution < 1.29 is 8.78 Å². The molecule has 5 nitrogen and oxygen atoms in total. The quantitative estimate of drug-likeness (QED) is 0.610. The van der Waals surface area contributed by atoms with Crippen LogP contribution in [0.4, 0.5) is 14.6 Å². The molecule has 0 aromatic carbocycles. The van der Waals surface area contributed by atoms with Gasteiger partial charge in [0.2, 0.25) is 0 Å². The summed E-state index contributed by atoms with van der Waals surface area (Å²) < 4.78 is 26.1. The van der Waals surface area contributed by atoms with Crippen LogP contribution >= 0.6 is 0 Å². The zero-order valence-electron chi connectivity index (χ0n) is 8.91. The highest BCUT2D eigenvalue weighted by Crippen LogP contribution is 2.18. The maximum absolute atomic E-state index is 13.4. The number of anilines is 1. The Labute approximate surface area is 95.7 Å². The third kappa shape index (κ3) is 2.18. The van der Waals surface area contributed by atoms with Crippen LogP contribution < -0.4 is 11.3 Å². The Morgan fingerprint density at radius 2 is 2.00 bits per heavy atom. The third-order valence-corrected chi connectivity index (χ3v) is 2.11. The molecule has 7 heteroatoms. The van der Waals surface area contributed by atoms with Crippen LogP contribution in [0.5, 0.6) is 0 Å². The van der Waals surface area contributed by atoms with E-state index < -0.39 is 11.6 Å². The summed E-state index contributed by atoms with van der Waals surface area (Å²) in [6.07, 6.45) is 1.03. The molecule has 0 saturated heterocycles. The highest BCUT2D eigenvalue weighted by molar-refractivity contribution is 5.53. The zero-order chi connectivity index (χ0) is 12.4. The number of aryl methyl sites for hydroxylation is 1. The van der Waals surface area contributed by atoms with Crippen molar-refractivity contribution in [2.45, 2.75) is 6.92 Å². The fraction of sp³-hybridized carbons (Fsp3) is 0.100. The van der Waals surface area contributed by atoms with Gasteiger partial charge in [-0.3, -0.25) is 0 Å². The average molecular weight is 237 g/mol. The first-order valence-corrected chi connectivity index (χ1v) is 4.74. The standard InChI is InChI=1S/C10H9F2N5/c1-5-8(12)10(17-13)16-9(15-5)7-3-2-6(11)4-14-7/h2-4H,13H2,1H3,(H,15,16,17). The van der Waals surface area contributed by atoms with Crippen molar-refractivity contribution in [1.29, 1.82) is 0 Å². The number of nitrogens with zero attached hydrogens (tertiary/aromatic N) is 3. The fourth-order valence-corrected chi connectivity index (χ4v) is 1.28. The van der Waals surface area contributed by atoms with Gasteiger partial charge in [-0.1, -0.05) is 0 Å². The molecule has 0 atom stereocenters. The highest BCUT2D eigenvalue weighted by Gasteiger charge is 2.12. The second kappa shape index (κ2) is 4.38. The van der Waals surface area contributed by atoms with Crippen molar-refractivity contribution in [2.75, 3.05) is 5.43 Å². The van der Waals surface area contributed by atoms with Gasteiger partial charge in [0.05, 0.1) is 11.9 Å². The number of nitrogen functional groups attached to an aromatic ring is 1. The van der Waals surface area contributed by atoms with Gasteiger partial charge >= 0.3 is 0 Å². The molecule has 0 spiro atoms. The summed E-state index contributed by atoms with van der Waals surface area (Å²) in [6.45, 7) is 1.48. The molecular weight excluding hydrogens is 228 g/mol. The van der Waals surface area contributed by atoms with E-state index in [2.05, 4.69) is 20.4 Å². The predicted molar refractivity (Wildman–Crippen MR) is 57.7 cm³/mol. The first-order valence-electron chi connectivity index (χ1n) is 4.74. The number of hydrogen-bond acceptors (Lipinski definition) is 5. The Kier molecular flexibility index (Phi) is 2.92. The van der Waals surface area contributed by atoms with Gasteiger partial charge in [0.25, 0.3) is 0 Å². The molecule has 0 unspecified atom stereocenters. The number of nitrogens with two attached hydrogens (primary N) is 1. The summed E-state index contributed by atoms with van der Waals surface area (Å²) in [5, 5.41) is 0. The van der Waals surface area contributed by atoms with Crippen molar-refractivity contribution in [3.63, 3.8) is 0 Å². The summed E-state index contributed by atoms with van der Waals surface area (Å²) in [5.41, 5.74) is 2.60. The van der Waals surface area contributed by atoms with E-state index in [4.69, 9.17) is 5.84 Å². The molecule has 0 saturated carbocycles. The lowest BCUT2D eigenvalue weighted by molar-refractivity contribution is 0.605. The summed E-state index contributed by atoms with van der Waals surface area (Å²) in [4.78, 5) is 11.6. The Balaban J connectivity index is 2.52. The van der Waals surface area contributed by atoms with Gasteiger partial charge in [-0.15, -0.1) is 0 Å². The minimum atomic E-state index is -0.627. The van der Waals surface area contributed by atoms with Crippen LogP contribution in [0.15, 0.2) is 18.3 Å². The van der Waals surface area contributed by atoms with E-state index >= 15 is 0 Å². The Hall–Kier alpha value is -2.15. The molecule has 0 aliphatic heterocycles. The van der Waals surface area contributed by atoms with Gasteiger partial charge in [-0.05, 0) is 19.1 Å². The topological polar surface area (TPSA) is 76.7 Å². The van der Waals surface area contributed by atoms with E-state index in [1.165, 1.54) is 19.1 Å². The predicted octanol–water partition coefficient (Wildman–Crippen LogP) is 1.41. The number of hydrogen-bond donors (Lipinski definition) is 2. The summed E-state index contributed by atoms with van der Waals surface area (Å²) >= 11 is 0. The van der Waals surface area contributed by atoms with Crippen LogP contribution in [-0.2, 0) is 0 Å². The van der Waals surface area contributed by atoms with Gasteiger partial charge < -0.3 is 5.43 Å². The summed E-state index contributed by atoms with van der Waals surface area (Å²) in [6, 6.07) is 2.63. The SMILES string of the molecule is Cc1nc(-c2ccc(F)cn2)nc(NN)c1F. The van der Waals surface area contributed by atoms with Crippen LogP contribution in [0.2, 0.25) is 0 Å². The van der Waals surface area contributed by atoms with E-state index in [-0.39, 0.29) is 17.3 Å². The van der Waals surface area contributed by atoms with Crippen molar-refractivity contribution in [3.8, 4) is 11.5 Å². The summed E-state index contributed by atoms with van der Waals surface area (Å²) in [7, 11) is 0. The Morgan fingerprint density at radius 3 is 2.59 bits per heavy atom. The van der Waals surface area contributed by atoms with E-state index in [1.54, 1.807) is 0 Å². The number of hydrazine groups is 1. The lowest BCUT2D eigenvalue weighted by Crippen LogP contribution is -2.13. The number of halogens is 2. The first kappa shape index (κ1) is 11.3. The Morgan fingerprint density at radius 1 is 1.24 bits per heavy atom. The van der Waals surface area contributed by atoms with E-state index in [0.717, 1.165) is 6.20 Å². The third-order valence-electron chi connectivity index (χ3n) is 2.11. The highest BCUT2D eigenvalue weighted by atomic mass is 19.1. The second-order valence-electron chi connectivity index (χ2n) is 3.30. The molecule has 0 bridgehead atoms. The van der Waals surface area contributed by atoms with Gasteiger partial charge in [0.1, 0.15) is 11.5 Å². The van der Waals surface area contributed by atoms with E-state index in [9.17, 15) is 8.78 Å². The second-order valence-corrected chi connectivity index (χ2v) is 3.30. The van der Waals surface area contributed by atoms with Crippen LogP contribution in [0.1, 0.15) is 5.69 Å². The number of aromatic nitrogens is 3. The zero-order valence-corrected chi connectivity index (χ0v) is 8.91. The minimum Gasteiger partial charge on any atom is -0.306 e. The Bertz CT molecular complexity index is 541. The molecule has 17 heavy (non-hydrogen) atoms. The van der Waals surface area contributed by atoms with Crippen LogP contribution in [0, 0.1) is 18.6 Å². The largest absolute Gasteiger partial charge is 0.306 e. The van der Waals surface area contributed by atoms with Gasteiger partial charge in [-0.25, -0.2) is 29.6 Å². The molecular formula is C10H9F2N5. The normalized spacial score (nSPS) is 10.4. The molecule has 3 N–H and O–H groups in total. The number of nitrogens with one attached hydrogen (secondary N) is 1. The van der Waals surface area contributed by atoms with Crippen LogP contribution in [-0.4, -0.2) is 15.0 Å². The van der Waals surface area contributed by atoms with Crippen molar-refractivity contribution >= 4 is 5.82 Å². The van der Waals surface area contributed by atoms with Crippen molar-refractivity contribution in [2.24, 2.45) is 5.84 Å². The van der Waals surface area contributed by atoms with E-state index in [1.807, 2.05) is 0 Å². The monoisotopic (exact) mass is 237 g/mol. The smallest absolute Gasteiger partial charge is 0.187 e. The van der Waals surface area contributed by atoms with E-state index in [0.29, 0.717) is 5.69 Å². The van der Waals surface area contributed by atoms with Gasteiger partial charge in [-0.2, -0.15) is 0 Å². The lowest BCUT2D eigenvalue weighted by atomic mass is 10.3. The molecule has 0 fully saturated rings.